The number of ether oxygens (including phenoxy) is 1. The first kappa shape index (κ1) is 13.2. The maximum atomic E-state index is 12.3. The second-order valence-electron chi connectivity index (χ2n) is 6.24. The van der Waals surface area contributed by atoms with E-state index >= 15 is 0 Å². The van der Waals surface area contributed by atoms with Gasteiger partial charge in [-0.05, 0) is 43.7 Å². The third-order valence-electron chi connectivity index (χ3n) is 4.83. The topological polar surface area (TPSA) is 63.6 Å². The van der Waals surface area contributed by atoms with Gasteiger partial charge in [0, 0.05) is 5.41 Å². The Balaban J connectivity index is 1.79. The van der Waals surface area contributed by atoms with E-state index in [0.29, 0.717) is 5.92 Å². The fourth-order valence-corrected chi connectivity index (χ4v) is 3.71. The third kappa shape index (κ3) is 2.09. The quantitative estimate of drug-likeness (QED) is 0.860. The largest absolute Gasteiger partial charge is 0.478 e. The number of aromatic carboxylic acids is 1. The van der Waals surface area contributed by atoms with Crippen LogP contribution in [0.4, 0.5) is 0 Å². The van der Waals surface area contributed by atoms with Gasteiger partial charge in [0.25, 0.3) is 0 Å². The molecule has 4 heteroatoms. The van der Waals surface area contributed by atoms with Crippen LogP contribution in [0.25, 0.3) is 0 Å². The van der Waals surface area contributed by atoms with E-state index in [0.717, 1.165) is 19.3 Å². The SMILES string of the molecule is C[C@@]12CC[C@@H](C[C@H]1OC(=O)c1ccccc1C(=O)O)C2. The smallest absolute Gasteiger partial charge is 0.339 e. The van der Waals surface area contributed by atoms with Gasteiger partial charge in [-0.3, -0.25) is 0 Å². The minimum atomic E-state index is -1.10. The van der Waals surface area contributed by atoms with Crippen LogP contribution in [0.3, 0.4) is 0 Å². The second kappa shape index (κ2) is 4.62. The van der Waals surface area contributed by atoms with Gasteiger partial charge in [-0.25, -0.2) is 9.59 Å². The van der Waals surface area contributed by atoms with Gasteiger partial charge in [0.2, 0.25) is 0 Å². The highest BCUT2D eigenvalue weighted by atomic mass is 16.5. The third-order valence-corrected chi connectivity index (χ3v) is 4.83. The average Bonchev–Trinajstić information content (AvgIpc) is 2.94. The van der Waals surface area contributed by atoms with E-state index in [1.165, 1.54) is 18.6 Å². The number of carbonyl (C=O) groups excluding carboxylic acids is 1. The predicted molar refractivity (Wildman–Crippen MR) is 72.7 cm³/mol. The summed E-state index contributed by atoms with van der Waals surface area (Å²) in [5.41, 5.74) is 0.232. The number of esters is 1. The van der Waals surface area contributed by atoms with Crippen molar-refractivity contribution in [2.75, 3.05) is 0 Å². The normalized spacial score (nSPS) is 31.2. The van der Waals surface area contributed by atoms with Crippen molar-refractivity contribution in [1.82, 2.24) is 0 Å². The van der Waals surface area contributed by atoms with Crippen molar-refractivity contribution < 1.29 is 19.4 Å². The lowest BCUT2D eigenvalue weighted by molar-refractivity contribution is -0.00651. The van der Waals surface area contributed by atoms with Crippen molar-refractivity contribution >= 4 is 11.9 Å². The molecule has 1 aromatic rings. The van der Waals surface area contributed by atoms with E-state index in [2.05, 4.69) is 6.92 Å². The molecule has 0 unspecified atom stereocenters. The Kier molecular flexibility index (Phi) is 3.04. The van der Waals surface area contributed by atoms with E-state index < -0.39 is 11.9 Å². The van der Waals surface area contributed by atoms with E-state index in [-0.39, 0.29) is 22.6 Å². The lowest BCUT2D eigenvalue weighted by Crippen LogP contribution is -2.32. The molecule has 0 saturated heterocycles. The van der Waals surface area contributed by atoms with Crippen molar-refractivity contribution in [3.63, 3.8) is 0 Å². The average molecular weight is 274 g/mol. The number of carboxylic acids is 1. The van der Waals surface area contributed by atoms with Gasteiger partial charge >= 0.3 is 11.9 Å². The van der Waals surface area contributed by atoms with Crippen LogP contribution in [0, 0.1) is 11.3 Å². The fourth-order valence-electron chi connectivity index (χ4n) is 3.71. The van der Waals surface area contributed by atoms with E-state index in [9.17, 15) is 9.59 Å². The molecule has 2 saturated carbocycles. The molecule has 2 aliphatic rings. The maximum absolute atomic E-state index is 12.3. The first-order valence-corrected chi connectivity index (χ1v) is 7.03. The highest BCUT2D eigenvalue weighted by molar-refractivity contribution is 6.02. The van der Waals surface area contributed by atoms with Crippen LogP contribution in [0.2, 0.25) is 0 Å². The van der Waals surface area contributed by atoms with Crippen LogP contribution in [0.1, 0.15) is 53.3 Å². The molecule has 106 valence electrons. The van der Waals surface area contributed by atoms with Crippen LogP contribution >= 0.6 is 0 Å². The lowest BCUT2D eigenvalue weighted by atomic mass is 9.84. The molecule has 3 atom stereocenters. The van der Waals surface area contributed by atoms with Gasteiger partial charge in [0.05, 0.1) is 11.1 Å². The molecular formula is C16H18O4. The van der Waals surface area contributed by atoms with Gasteiger partial charge < -0.3 is 9.84 Å². The Morgan fingerprint density at radius 1 is 1.30 bits per heavy atom. The number of carbonyl (C=O) groups is 2. The molecule has 1 aromatic carbocycles. The van der Waals surface area contributed by atoms with Crippen molar-refractivity contribution in [2.24, 2.45) is 11.3 Å². The summed E-state index contributed by atoms with van der Waals surface area (Å²) in [5, 5.41) is 9.12. The van der Waals surface area contributed by atoms with Gasteiger partial charge in [-0.15, -0.1) is 0 Å². The highest BCUT2D eigenvalue weighted by Crippen LogP contribution is 2.55. The monoisotopic (exact) mass is 274 g/mol. The van der Waals surface area contributed by atoms with Crippen LogP contribution in [-0.4, -0.2) is 23.1 Å². The zero-order chi connectivity index (χ0) is 14.3. The van der Waals surface area contributed by atoms with E-state index in [1.54, 1.807) is 12.1 Å². The summed E-state index contributed by atoms with van der Waals surface area (Å²) in [5.74, 6) is -0.953. The van der Waals surface area contributed by atoms with Crippen molar-refractivity contribution in [3.05, 3.63) is 35.4 Å². The zero-order valence-corrected chi connectivity index (χ0v) is 11.5. The van der Waals surface area contributed by atoms with Crippen LogP contribution in [0.15, 0.2) is 24.3 Å². The molecule has 0 heterocycles. The minimum Gasteiger partial charge on any atom is -0.478 e. The highest BCUT2D eigenvalue weighted by Gasteiger charge is 2.50. The number of hydrogen-bond donors (Lipinski definition) is 1. The van der Waals surface area contributed by atoms with Crippen LogP contribution in [0.5, 0.6) is 0 Å². The van der Waals surface area contributed by atoms with E-state index in [1.807, 2.05) is 0 Å². The van der Waals surface area contributed by atoms with Crippen LogP contribution < -0.4 is 0 Å². The second-order valence-corrected chi connectivity index (χ2v) is 6.24. The molecule has 2 aliphatic carbocycles. The number of carboxylic acid groups (broad SMARTS) is 1. The first-order chi connectivity index (χ1) is 9.49. The number of benzene rings is 1. The first-order valence-electron chi connectivity index (χ1n) is 7.03. The minimum absolute atomic E-state index is 0.00538. The molecule has 2 fully saturated rings. The number of hydrogen-bond acceptors (Lipinski definition) is 3. The predicted octanol–water partition coefficient (Wildman–Crippen LogP) is 3.12. The van der Waals surface area contributed by atoms with Gasteiger partial charge in [0.1, 0.15) is 6.10 Å². The van der Waals surface area contributed by atoms with E-state index in [4.69, 9.17) is 9.84 Å². The molecule has 0 radical (unpaired) electrons. The summed E-state index contributed by atoms with van der Waals surface area (Å²) < 4.78 is 5.62. The molecule has 3 rings (SSSR count). The van der Waals surface area contributed by atoms with Gasteiger partial charge in [0.15, 0.2) is 0 Å². The Hall–Kier alpha value is -1.84. The zero-order valence-electron chi connectivity index (χ0n) is 11.5. The van der Waals surface area contributed by atoms with Crippen molar-refractivity contribution in [2.45, 2.75) is 38.7 Å². The molecule has 0 amide bonds. The molecule has 4 nitrogen and oxygen atoms in total. The fraction of sp³-hybridized carbons (Fsp3) is 0.500. The van der Waals surface area contributed by atoms with Crippen molar-refractivity contribution in [1.29, 1.82) is 0 Å². The summed E-state index contributed by atoms with van der Waals surface area (Å²) in [6.45, 7) is 2.17. The Morgan fingerprint density at radius 3 is 2.55 bits per heavy atom. The molecule has 0 spiro atoms. The van der Waals surface area contributed by atoms with Crippen LogP contribution in [-0.2, 0) is 4.74 Å². The number of rotatable bonds is 3. The van der Waals surface area contributed by atoms with Gasteiger partial charge in [-0.1, -0.05) is 19.1 Å². The summed E-state index contributed by atoms with van der Waals surface area (Å²) in [7, 11) is 0. The Bertz CT molecular complexity index is 565. The van der Waals surface area contributed by atoms with Gasteiger partial charge in [-0.2, -0.15) is 0 Å². The lowest BCUT2D eigenvalue weighted by Gasteiger charge is -2.31. The molecule has 2 bridgehead atoms. The summed E-state index contributed by atoms with van der Waals surface area (Å²) >= 11 is 0. The molecular weight excluding hydrogens is 256 g/mol. The molecule has 0 aromatic heterocycles. The summed E-state index contributed by atoms with van der Waals surface area (Å²) in [4.78, 5) is 23.4. The summed E-state index contributed by atoms with van der Waals surface area (Å²) in [6, 6.07) is 6.22. The standard InChI is InChI=1S/C16H18O4/c1-16-7-6-10(9-16)8-13(16)20-15(19)12-5-3-2-4-11(12)14(17)18/h2-5,10,13H,6-9H2,1H3,(H,17,18)/t10-,13+,16-/m0/s1. The summed E-state index contributed by atoms with van der Waals surface area (Å²) in [6.07, 6.45) is 4.27. The number of fused-ring (bicyclic) bond motifs is 2. The Morgan fingerprint density at radius 2 is 2.00 bits per heavy atom. The molecule has 20 heavy (non-hydrogen) atoms. The van der Waals surface area contributed by atoms with Crippen molar-refractivity contribution in [3.8, 4) is 0 Å². The molecule has 0 aliphatic heterocycles. The molecule has 1 N–H and O–H groups in total. The maximum Gasteiger partial charge on any atom is 0.339 e. The Labute approximate surface area is 117 Å².